The number of nitrogens with zero attached hydrogens (tertiary/aromatic N) is 1. The Kier molecular flexibility index (Phi) is 3.75. The van der Waals surface area contributed by atoms with E-state index in [1.165, 1.54) is 29.0 Å². The molecule has 1 aromatic carbocycles. The van der Waals surface area contributed by atoms with Gasteiger partial charge in [0.2, 0.25) is 0 Å². The van der Waals surface area contributed by atoms with Gasteiger partial charge in [0.1, 0.15) is 5.82 Å². The molecular weight excluding hydrogens is 274 g/mol. The van der Waals surface area contributed by atoms with Crippen LogP contribution in [0.1, 0.15) is 17.2 Å². The van der Waals surface area contributed by atoms with Crippen LogP contribution in [0.2, 0.25) is 0 Å². The standard InChI is InChI=1S/C14H15N3O2S/c15-12-7-13(18)17-14(16-12)20-8-11-10-4-2-1-3-9(10)5-6-19-11/h1-4,7,11H,5-6,8H2,(H3,15,16,17,18). The molecule has 0 radical (unpaired) electrons. The molecule has 1 atom stereocenters. The third-order valence-corrected chi connectivity index (χ3v) is 4.14. The van der Waals surface area contributed by atoms with Crippen molar-refractivity contribution < 1.29 is 4.74 Å². The molecule has 0 aliphatic carbocycles. The third-order valence-electron chi connectivity index (χ3n) is 3.20. The molecule has 0 bridgehead atoms. The number of nitrogens with two attached hydrogens (primary N) is 1. The van der Waals surface area contributed by atoms with Crippen LogP contribution < -0.4 is 11.3 Å². The van der Waals surface area contributed by atoms with Crippen LogP contribution in [0.5, 0.6) is 0 Å². The van der Waals surface area contributed by atoms with Gasteiger partial charge in [0, 0.05) is 11.8 Å². The number of hydrogen-bond acceptors (Lipinski definition) is 5. The van der Waals surface area contributed by atoms with Gasteiger partial charge in [-0.2, -0.15) is 0 Å². The Labute approximate surface area is 120 Å². The van der Waals surface area contributed by atoms with Crippen LogP contribution in [0, 0.1) is 0 Å². The minimum absolute atomic E-state index is 0.0247. The summed E-state index contributed by atoms with van der Waals surface area (Å²) in [4.78, 5) is 18.1. The van der Waals surface area contributed by atoms with Crippen LogP contribution in [-0.4, -0.2) is 22.3 Å². The molecule has 0 saturated carbocycles. The molecule has 6 heteroatoms. The van der Waals surface area contributed by atoms with Crippen molar-refractivity contribution in [3.8, 4) is 0 Å². The van der Waals surface area contributed by atoms with Crippen molar-refractivity contribution in [3.63, 3.8) is 0 Å². The zero-order valence-corrected chi connectivity index (χ0v) is 11.7. The largest absolute Gasteiger partial charge is 0.383 e. The number of anilines is 1. The molecule has 0 spiro atoms. The van der Waals surface area contributed by atoms with Gasteiger partial charge in [-0.15, -0.1) is 0 Å². The van der Waals surface area contributed by atoms with E-state index in [0.29, 0.717) is 10.9 Å². The molecule has 104 valence electrons. The Morgan fingerprint density at radius 3 is 3.15 bits per heavy atom. The van der Waals surface area contributed by atoms with Crippen LogP contribution >= 0.6 is 11.8 Å². The second kappa shape index (κ2) is 5.68. The van der Waals surface area contributed by atoms with Gasteiger partial charge in [0.05, 0.1) is 12.7 Å². The molecule has 0 amide bonds. The lowest BCUT2D eigenvalue weighted by molar-refractivity contribution is 0.0587. The van der Waals surface area contributed by atoms with E-state index in [2.05, 4.69) is 22.1 Å². The number of aromatic amines is 1. The van der Waals surface area contributed by atoms with E-state index < -0.39 is 0 Å². The van der Waals surface area contributed by atoms with Gasteiger partial charge in [-0.1, -0.05) is 36.0 Å². The van der Waals surface area contributed by atoms with Crippen molar-refractivity contribution >= 4 is 17.6 Å². The zero-order valence-electron chi connectivity index (χ0n) is 10.8. The van der Waals surface area contributed by atoms with Crippen LogP contribution in [0.15, 0.2) is 40.3 Å². The number of aromatic nitrogens is 2. The minimum Gasteiger partial charge on any atom is -0.383 e. The number of nitrogen functional groups attached to an aromatic ring is 1. The first-order valence-corrected chi connectivity index (χ1v) is 7.40. The summed E-state index contributed by atoms with van der Waals surface area (Å²) in [5.74, 6) is 0.935. The highest BCUT2D eigenvalue weighted by Crippen LogP contribution is 2.31. The highest BCUT2D eigenvalue weighted by atomic mass is 32.2. The van der Waals surface area contributed by atoms with Crippen molar-refractivity contribution in [2.75, 3.05) is 18.1 Å². The molecule has 1 aliphatic heterocycles. The maximum Gasteiger partial charge on any atom is 0.253 e. The van der Waals surface area contributed by atoms with Gasteiger partial charge in [-0.25, -0.2) is 4.98 Å². The number of nitrogens with one attached hydrogen (secondary N) is 1. The fourth-order valence-electron chi connectivity index (χ4n) is 2.29. The van der Waals surface area contributed by atoms with Crippen LogP contribution in [0.4, 0.5) is 5.82 Å². The smallest absolute Gasteiger partial charge is 0.253 e. The summed E-state index contributed by atoms with van der Waals surface area (Å²) in [5, 5.41) is 0.529. The molecular formula is C14H15N3O2S. The molecule has 0 saturated heterocycles. The maximum absolute atomic E-state index is 11.3. The number of benzene rings is 1. The summed E-state index contributed by atoms with van der Waals surface area (Å²) < 4.78 is 5.81. The van der Waals surface area contributed by atoms with Gasteiger partial charge in [0.25, 0.3) is 5.56 Å². The van der Waals surface area contributed by atoms with E-state index in [1.54, 1.807) is 0 Å². The number of rotatable bonds is 3. The number of fused-ring (bicyclic) bond motifs is 1. The van der Waals surface area contributed by atoms with Gasteiger partial charge < -0.3 is 15.5 Å². The Morgan fingerprint density at radius 2 is 2.30 bits per heavy atom. The summed E-state index contributed by atoms with van der Waals surface area (Å²) in [5.41, 5.74) is 7.89. The average Bonchev–Trinajstić information content (AvgIpc) is 2.44. The van der Waals surface area contributed by atoms with Crippen molar-refractivity contribution in [2.45, 2.75) is 17.7 Å². The quantitative estimate of drug-likeness (QED) is 0.664. The lowest BCUT2D eigenvalue weighted by Gasteiger charge is -2.25. The molecule has 1 aliphatic rings. The topological polar surface area (TPSA) is 81.0 Å². The van der Waals surface area contributed by atoms with Crippen LogP contribution in [-0.2, 0) is 11.2 Å². The van der Waals surface area contributed by atoms with Crippen molar-refractivity contribution in [1.29, 1.82) is 0 Å². The van der Waals surface area contributed by atoms with Crippen molar-refractivity contribution in [2.24, 2.45) is 0 Å². The summed E-state index contributed by atoms with van der Waals surface area (Å²) >= 11 is 1.45. The first-order chi connectivity index (χ1) is 9.72. The first-order valence-electron chi connectivity index (χ1n) is 6.41. The van der Waals surface area contributed by atoms with Gasteiger partial charge >= 0.3 is 0 Å². The number of H-pyrrole nitrogens is 1. The second-order valence-electron chi connectivity index (χ2n) is 4.59. The van der Waals surface area contributed by atoms with E-state index >= 15 is 0 Å². The van der Waals surface area contributed by atoms with E-state index in [4.69, 9.17) is 10.5 Å². The predicted molar refractivity (Wildman–Crippen MR) is 78.8 cm³/mol. The normalized spacial score (nSPS) is 17.7. The predicted octanol–water partition coefficient (Wildman–Crippen LogP) is 1.76. The Morgan fingerprint density at radius 1 is 1.45 bits per heavy atom. The van der Waals surface area contributed by atoms with Gasteiger partial charge in [-0.05, 0) is 17.5 Å². The lowest BCUT2D eigenvalue weighted by atomic mass is 9.99. The van der Waals surface area contributed by atoms with Crippen molar-refractivity contribution in [3.05, 3.63) is 51.8 Å². The van der Waals surface area contributed by atoms with E-state index in [1.807, 2.05) is 12.1 Å². The highest BCUT2D eigenvalue weighted by molar-refractivity contribution is 7.99. The monoisotopic (exact) mass is 289 g/mol. The number of thioether (sulfide) groups is 1. The fourth-order valence-corrected chi connectivity index (χ4v) is 3.22. The molecule has 20 heavy (non-hydrogen) atoms. The lowest BCUT2D eigenvalue weighted by Crippen LogP contribution is -2.18. The molecule has 5 nitrogen and oxygen atoms in total. The molecule has 0 fully saturated rings. The SMILES string of the molecule is Nc1cc(=O)[nH]c(SCC2OCCc3ccccc32)n1. The molecule has 1 aromatic heterocycles. The van der Waals surface area contributed by atoms with Crippen molar-refractivity contribution in [1.82, 2.24) is 9.97 Å². The maximum atomic E-state index is 11.3. The van der Waals surface area contributed by atoms with E-state index in [-0.39, 0.29) is 17.5 Å². The fraction of sp³-hybridized carbons (Fsp3) is 0.286. The number of ether oxygens (including phenoxy) is 1. The molecule has 3 N–H and O–H groups in total. The average molecular weight is 289 g/mol. The van der Waals surface area contributed by atoms with Gasteiger partial charge in [-0.3, -0.25) is 4.79 Å². The second-order valence-corrected chi connectivity index (χ2v) is 5.60. The van der Waals surface area contributed by atoms with Gasteiger partial charge in [0.15, 0.2) is 5.16 Å². The molecule has 1 unspecified atom stereocenters. The van der Waals surface area contributed by atoms with Crippen LogP contribution in [0.25, 0.3) is 0 Å². The minimum atomic E-state index is -0.232. The number of hydrogen-bond donors (Lipinski definition) is 2. The molecule has 2 heterocycles. The Bertz CT molecular complexity index is 671. The Hall–Kier alpha value is -1.79. The summed E-state index contributed by atoms with van der Waals surface area (Å²) in [6.07, 6.45) is 0.974. The van der Waals surface area contributed by atoms with E-state index in [0.717, 1.165) is 13.0 Å². The van der Waals surface area contributed by atoms with E-state index in [9.17, 15) is 4.79 Å². The third kappa shape index (κ3) is 2.86. The van der Waals surface area contributed by atoms with Crippen LogP contribution in [0.3, 0.4) is 0 Å². The highest BCUT2D eigenvalue weighted by Gasteiger charge is 2.20. The summed E-state index contributed by atoms with van der Waals surface area (Å²) in [6, 6.07) is 9.57. The molecule has 3 rings (SSSR count). The summed E-state index contributed by atoms with van der Waals surface area (Å²) in [7, 11) is 0. The Balaban J connectivity index is 1.75. The summed E-state index contributed by atoms with van der Waals surface area (Å²) in [6.45, 7) is 0.725. The molecule has 2 aromatic rings. The first kappa shape index (κ1) is 13.2. The zero-order chi connectivity index (χ0) is 13.9.